The lowest BCUT2D eigenvalue weighted by molar-refractivity contribution is 0.317. The highest BCUT2D eigenvalue weighted by molar-refractivity contribution is 9.10. The summed E-state index contributed by atoms with van der Waals surface area (Å²) in [5, 5.41) is 0. The molecule has 2 nitrogen and oxygen atoms in total. The molecule has 0 aromatic heterocycles. The van der Waals surface area contributed by atoms with Crippen molar-refractivity contribution >= 4 is 27.8 Å². The molecule has 0 saturated carbocycles. The molecule has 0 unspecified atom stereocenters. The monoisotopic (exact) mass is 331 g/mol. The van der Waals surface area contributed by atoms with Crippen LogP contribution in [0.4, 0.5) is 5.69 Å². The first-order valence-electron chi connectivity index (χ1n) is 6.72. The smallest absolute Gasteiger partial charge is 0.128 e. The largest absolute Gasteiger partial charge is 0.493 e. The molecule has 0 amide bonds. The van der Waals surface area contributed by atoms with E-state index in [0.29, 0.717) is 6.61 Å². The first kappa shape index (κ1) is 14.8. The third-order valence-corrected chi connectivity index (χ3v) is 3.31. The average molecular weight is 332 g/mol. The molecule has 0 spiro atoms. The Morgan fingerprint density at radius 3 is 2.60 bits per heavy atom. The number of hydrogen-bond acceptors (Lipinski definition) is 2. The van der Waals surface area contributed by atoms with Gasteiger partial charge in [-0.1, -0.05) is 40.5 Å². The fourth-order valence-electron chi connectivity index (χ4n) is 1.74. The lowest BCUT2D eigenvalue weighted by Gasteiger charge is -2.08. The van der Waals surface area contributed by atoms with E-state index < -0.39 is 0 Å². The number of ether oxygens (including phenoxy) is 1. The Bertz CT molecular complexity index is 590. The molecular formula is C17H18BrNO. The van der Waals surface area contributed by atoms with Crippen molar-refractivity contribution in [3.63, 3.8) is 0 Å². The zero-order valence-electron chi connectivity index (χ0n) is 11.8. The van der Waals surface area contributed by atoms with Crippen LogP contribution in [-0.4, -0.2) is 12.8 Å². The topological polar surface area (TPSA) is 21.6 Å². The van der Waals surface area contributed by atoms with Crippen molar-refractivity contribution < 1.29 is 4.74 Å². The van der Waals surface area contributed by atoms with Crippen LogP contribution in [0.5, 0.6) is 5.75 Å². The predicted molar refractivity (Wildman–Crippen MR) is 88.4 cm³/mol. The van der Waals surface area contributed by atoms with Crippen molar-refractivity contribution in [1.29, 1.82) is 0 Å². The molecule has 0 saturated heterocycles. The molecule has 0 radical (unpaired) electrons. The standard InChI is InChI=1S/C17H18BrNO/c1-3-10-20-17-9-6-15(18)11-14(17)12-19-16-7-4-13(2)5-8-16/h4-9,11-12H,3,10H2,1-2H3. The minimum atomic E-state index is 0.715. The molecule has 0 heterocycles. The van der Waals surface area contributed by atoms with Crippen LogP contribution >= 0.6 is 15.9 Å². The average Bonchev–Trinajstić information content (AvgIpc) is 2.46. The molecule has 0 aliphatic carbocycles. The number of hydrogen-bond donors (Lipinski definition) is 0. The molecule has 2 aromatic rings. The van der Waals surface area contributed by atoms with E-state index in [1.54, 1.807) is 0 Å². The molecule has 2 aromatic carbocycles. The van der Waals surface area contributed by atoms with E-state index in [1.807, 2.05) is 36.5 Å². The molecule has 0 bridgehead atoms. The zero-order valence-corrected chi connectivity index (χ0v) is 13.4. The zero-order chi connectivity index (χ0) is 14.4. The number of aryl methyl sites for hydroxylation is 1. The third-order valence-electron chi connectivity index (χ3n) is 2.82. The molecule has 0 atom stereocenters. The molecule has 0 N–H and O–H groups in total. The van der Waals surface area contributed by atoms with E-state index in [2.05, 4.69) is 46.9 Å². The molecule has 0 aliphatic heterocycles. The van der Waals surface area contributed by atoms with E-state index >= 15 is 0 Å². The van der Waals surface area contributed by atoms with Gasteiger partial charge >= 0.3 is 0 Å². The maximum absolute atomic E-state index is 5.74. The van der Waals surface area contributed by atoms with Crippen LogP contribution in [0.1, 0.15) is 24.5 Å². The van der Waals surface area contributed by atoms with Crippen LogP contribution in [0.2, 0.25) is 0 Å². The summed E-state index contributed by atoms with van der Waals surface area (Å²) in [5.74, 6) is 0.867. The number of nitrogens with zero attached hydrogens (tertiary/aromatic N) is 1. The quantitative estimate of drug-likeness (QED) is 0.681. The molecular weight excluding hydrogens is 314 g/mol. The predicted octanol–water partition coefficient (Wildman–Crippen LogP) is 5.30. The summed E-state index contributed by atoms with van der Waals surface area (Å²) in [6.45, 7) is 4.88. The molecule has 0 fully saturated rings. The highest BCUT2D eigenvalue weighted by atomic mass is 79.9. The van der Waals surface area contributed by atoms with Crippen LogP contribution in [0, 0.1) is 6.92 Å². The van der Waals surface area contributed by atoms with Gasteiger partial charge in [0.2, 0.25) is 0 Å². The third kappa shape index (κ3) is 4.20. The highest BCUT2D eigenvalue weighted by Gasteiger charge is 2.02. The lowest BCUT2D eigenvalue weighted by Crippen LogP contribution is -1.98. The van der Waals surface area contributed by atoms with Gasteiger partial charge in [0.05, 0.1) is 12.3 Å². The van der Waals surface area contributed by atoms with Gasteiger partial charge in [0.25, 0.3) is 0 Å². The van der Waals surface area contributed by atoms with Gasteiger partial charge in [-0.15, -0.1) is 0 Å². The van der Waals surface area contributed by atoms with Crippen molar-refractivity contribution in [2.45, 2.75) is 20.3 Å². The van der Waals surface area contributed by atoms with Crippen LogP contribution in [-0.2, 0) is 0 Å². The highest BCUT2D eigenvalue weighted by Crippen LogP contribution is 2.23. The van der Waals surface area contributed by atoms with Gasteiger partial charge < -0.3 is 4.74 Å². The van der Waals surface area contributed by atoms with Crippen molar-refractivity contribution in [2.24, 2.45) is 4.99 Å². The number of benzene rings is 2. The summed E-state index contributed by atoms with van der Waals surface area (Å²) in [6, 6.07) is 14.1. The summed E-state index contributed by atoms with van der Waals surface area (Å²) >= 11 is 3.48. The minimum absolute atomic E-state index is 0.715. The van der Waals surface area contributed by atoms with Crippen molar-refractivity contribution in [3.05, 3.63) is 58.1 Å². The first-order chi connectivity index (χ1) is 9.69. The first-order valence-corrected chi connectivity index (χ1v) is 7.51. The Labute approximate surface area is 128 Å². The summed E-state index contributed by atoms with van der Waals surface area (Å²) in [7, 11) is 0. The lowest BCUT2D eigenvalue weighted by atomic mass is 10.2. The fourth-order valence-corrected chi connectivity index (χ4v) is 2.12. The molecule has 0 aliphatic rings. The van der Waals surface area contributed by atoms with Crippen molar-refractivity contribution in [1.82, 2.24) is 0 Å². The van der Waals surface area contributed by atoms with Gasteiger partial charge in [0, 0.05) is 16.3 Å². The SMILES string of the molecule is CCCOc1ccc(Br)cc1C=Nc1ccc(C)cc1. The summed E-state index contributed by atoms with van der Waals surface area (Å²) < 4.78 is 6.76. The normalized spacial score (nSPS) is 10.9. The van der Waals surface area contributed by atoms with Gasteiger partial charge in [0.15, 0.2) is 0 Å². The second-order valence-electron chi connectivity index (χ2n) is 4.62. The fraction of sp³-hybridized carbons (Fsp3) is 0.235. The molecule has 20 heavy (non-hydrogen) atoms. The van der Waals surface area contributed by atoms with Crippen LogP contribution < -0.4 is 4.74 Å². The Hall–Kier alpha value is -1.61. The summed E-state index contributed by atoms with van der Waals surface area (Å²) in [4.78, 5) is 4.50. The van der Waals surface area contributed by atoms with E-state index in [1.165, 1.54) is 5.56 Å². The van der Waals surface area contributed by atoms with Crippen molar-refractivity contribution in [2.75, 3.05) is 6.61 Å². The second kappa shape index (κ2) is 7.25. The second-order valence-corrected chi connectivity index (χ2v) is 5.54. The van der Waals surface area contributed by atoms with Gasteiger partial charge in [-0.2, -0.15) is 0 Å². The van der Waals surface area contributed by atoms with E-state index in [4.69, 9.17) is 4.74 Å². The van der Waals surface area contributed by atoms with E-state index in [9.17, 15) is 0 Å². The summed E-state index contributed by atoms with van der Waals surface area (Å²) in [5.41, 5.74) is 3.16. The maximum Gasteiger partial charge on any atom is 0.128 e. The van der Waals surface area contributed by atoms with Gasteiger partial charge in [0.1, 0.15) is 5.75 Å². The van der Waals surface area contributed by atoms with Gasteiger partial charge in [-0.25, -0.2) is 0 Å². The van der Waals surface area contributed by atoms with Crippen LogP contribution in [0.15, 0.2) is 51.9 Å². The van der Waals surface area contributed by atoms with E-state index in [0.717, 1.165) is 27.9 Å². The molecule has 3 heteroatoms. The molecule has 2 rings (SSSR count). The Morgan fingerprint density at radius 2 is 1.90 bits per heavy atom. The number of halogens is 1. The van der Waals surface area contributed by atoms with Gasteiger partial charge in [-0.3, -0.25) is 4.99 Å². The number of rotatable bonds is 5. The Morgan fingerprint density at radius 1 is 1.15 bits per heavy atom. The number of aliphatic imine (C=N–C) groups is 1. The minimum Gasteiger partial charge on any atom is -0.493 e. The van der Waals surface area contributed by atoms with E-state index in [-0.39, 0.29) is 0 Å². The van der Waals surface area contributed by atoms with Crippen LogP contribution in [0.3, 0.4) is 0 Å². The van der Waals surface area contributed by atoms with Gasteiger partial charge in [-0.05, 0) is 43.7 Å². The van der Waals surface area contributed by atoms with Crippen molar-refractivity contribution in [3.8, 4) is 5.75 Å². The van der Waals surface area contributed by atoms with Crippen LogP contribution in [0.25, 0.3) is 0 Å². The Kier molecular flexibility index (Phi) is 5.36. The summed E-state index contributed by atoms with van der Waals surface area (Å²) in [6.07, 6.45) is 2.84. The molecule has 104 valence electrons. The maximum atomic E-state index is 5.74. The Balaban J connectivity index is 2.22.